The maximum absolute atomic E-state index is 12.0. The molecule has 0 unspecified atom stereocenters. The van der Waals surface area contributed by atoms with Gasteiger partial charge in [0.15, 0.2) is 0 Å². The van der Waals surface area contributed by atoms with Crippen LogP contribution in [0.25, 0.3) is 10.8 Å². The van der Waals surface area contributed by atoms with Gasteiger partial charge in [0, 0.05) is 36.0 Å². The van der Waals surface area contributed by atoms with Crippen molar-refractivity contribution in [3.63, 3.8) is 0 Å². The third kappa shape index (κ3) is 2.47. The molecule has 2 aromatic rings. The average molecular weight is 256 g/mol. The molecule has 0 atom stereocenters. The van der Waals surface area contributed by atoms with Gasteiger partial charge in [0.05, 0.1) is 5.69 Å². The Morgan fingerprint density at radius 2 is 1.79 bits per heavy atom. The number of amides is 2. The van der Waals surface area contributed by atoms with Gasteiger partial charge in [-0.3, -0.25) is 14.6 Å². The van der Waals surface area contributed by atoms with E-state index in [1.165, 1.54) is 4.90 Å². The number of aromatic nitrogens is 1. The average Bonchev–Trinajstić information content (AvgIpc) is 2.47. The quantitative estimate of drug-likeness (QED) is 0.848. The maximum atomic E-state index is 12.0. The lowest BCUT2D eigenvalue weighted by Crippen LogP contribution is -2.36. The fourth-order valence-electron chi connectivity index (χ4n) is 2.02. The minimum Gasteiger partial charge on any atom is -0.274 e. The first-order chi connectivity index (χ1) is 9.19. The molecule has 98 valence electrons. The summed E-state index contributed by atoms with van der Waals surface area (Å²) >= 11 is 0. The molecule has 0 aliphatic carbocycles. The second-order valence-electron chi connectivity index (χ2n) is 4.20. The van der Waals surface area contributed by atoms with Crippen LogP contribution in [0, 0.1) is 0 Å². The number of rotatable bonds is 3. The molecule has 0 spiro atoms. The standard InChI is InChI=1S/C15H16N2O2/c1-3-14(18)17(15(19)4-2)13-7-5-6-11-10-16-9-8-12(11)13/h5-10H,3-4H2,1-2H3. The number of anilines is 1. The van der Waals surface area contributed by atoms with Crippen molar-refractivity contribution in [2.45, 2.75) is 26.7 Å². The minimum absolute atomic E-state index is 0.184. The molecule has 1 heterocycles. The smallest absolute Gasteiger partial charge is 0.233 e. The summed E-state index contributed by atoms with van der Waals surface area (Å²) in [7, 11) is 0. The van der Waals surface area contributed by atoms with Crippen molar-refractivity contribution >= 4 is 28.3 Å². The predicted octanol–water partition coefficient (Wildman–Crippen LogP) is 2.91. The van der Waals surface area contributed by atoms with Crippen molar-refractivity contribution in [1.82, 2.24) is 4.98 Å². The molecule has 4 heteroatoms. The van der Waals surface area contributed by atoms with Gasteiger partial charge in [-0.05, 0) is 12.1 Å². The van der Waals surface area contributed by atoms with Gasteiger partial charge in [0.25, 0.3) is 0 Å². The molecular weight excluding hydrogens is 240 g/mol. The molecule has 0 N–H and O–H groups in total. The Kier molecular flexibility index (Phi) is 3.90. The number of carbonyl (C=O) groups excluding carboxylic acids is 2. The van der Waals surface area contributed by atoms with Crippen LogP contribution in [0.5, 0.6) is 0 Å². The van der Waals surface area contributed by atoms with E-state index in [0.717, 1.165) is 10.8 Å². The molecule has 2 rings (SSSR count). The summed E-state index contributed by atoms with van der Waals surface area (Å²) in [5.74, 6) is -0.368. The Bertz CT molecular complexity index is 601. The van der Waals surface area contributed by atoms with Crippen molar-refractivity contribution < 1.29 is 9.59 Å². The van der Waals surface area contributed by atoms with E-state index in [4.69, 9.17) is 0 Å². The predicted molar refractivity (Wildman–Crippen MR) is 74.8 cm³/mol. The van der Waals surface area contributed by atoms with Gasteiger partial charge in [0.2, 0.25) is 11.8 Å². The lowest BCUT2D eigenvalue weighted by Gasteiger charge is -2.21. The van der Waals surface area contributed by atoms with Crippen LogP contribution in [0.3, 0.4) is 0 Å². The van der Waals surface area contributed by atoms with Gasteiger partial charge in [0.1, 0.15) is 0 Å². The van der Waals surface area contributed by atoms with Crippen molar-refractivity contribution in [2.75, 3.05) is 4.90 Å². The second kappa shape index (κ2) is 5.61. The normalized spacial score (nSPS) is 10.4. The summed E-state index contributed by atoms with van der Waals surface area (Å²) in [6, 6.07) is 7.36. The molecule has 19 heavy (non-hydrogen) atoms. The van der Waals surface area contributed by atoms with Crippen LogP contribution < -0.4 is 4.90 Å². The monoisotopic (exact) mass is 256 g/mol. The third-order valence-electron chi connectivity index (χ3n) is 3.00. The zero-order valence-corrected chi connectivity index (χ0v) is 11.1. The Morgan fingerprint density at radius 3 is 2.42 bits per heavy atom. The van der Waals surface area contributed by atoms with E-state index >= 15 is 0 Å². The van der Waals surface area contributed by atoms with Crippen LogP contribution in [0.1, 0.15) is 26.7 Å². The van der Waals surface area contributed by atoms with Crippen LogP contribution in [-0.4, -0.2) is 16.8 Å². The molecule has 0 fully saturated rings. The van der Waals surface area contributed by atoms with Gasteiger partial charge in [-0.15, -0.1) is 0 Å². The van der Waals surface area contributed by atoms with Gasteiger partial charge in [-0.25, -0.2) is 4.90 Å². The first-order valence-corrected chi connectivity index (χ1v) is 6.37. The fraction of sp³-hybridized carbons (Fsp3) is 0.267. The summed E-state index contributed by atoms with van der Waals surface area (Å²) in [5, 5.41) is 1.78. The SMILES string of the molecule is CCC(=O)N(C(=O)CC)c1cccc2cnccc12. The molecule has 0 saturated carbocycles. The zero-order valence-electron chi connectivity index (χ0n) is 11.1. The molecule has 1 aromatic heterocycles. The third-order valence-corrected chi connectivity index (χ3v) is 3.00. The molecule has 0 bridgehead atoms. The van der Waals surface area contributed by atoms with E-state index < -0.39 is 0 Å². The van der Waals surface area contributed by atoms with E-state index in [-0.39, 0.29) is 11.8 Å². The highest BCUT2D eigenvalue weighted by Crippen LogP contribution is 2.27. The molecule has 0 saturated heterocycles. The first kappa shape index (κ1) is 13.2. The highest BCUT2D eigenvalue weighted by molar-refractivity contribution is 6.18. The number of imide groups is 1. The highest BCUT2D eigenvalue weighted by atomic mass is 16.2. The van der Waals surface area contributed by atoms with Crippen LogP contribution >= 0.6 is 0 Å². The molecule has 0 radical (unpaired) electrons. The van der Waals surface area contributed by atoms with Crippen molar-refractivity contribution in [1.29, 1.82) is 0 Å². The fourth-order valence-corrected chi connectivity index (χ4v) is 2.02. The lowest BCUT2D eigenvalue weighted by molar-refractivity contribution is -0.126. The maximum Gasteiger partial charge on any atom is 0.233 e. The second-order valence-corrected chi connectivity index (χ2v) is 4.20. The van der Waals surface area contributed by atoms with E-state index in [9.17, 15) is 9.59 Å². The molecular formula is C15H16N2O2. The lowest BCUT2D eigenvalue weighted by atomic mass is 10.1. The number of pyridine rings is 1. The number of fused-ring (bicyclic) bond motifs is 1. The Balaban J connectivity index is 2.62. The van der Waals surface area contributed by atoms with Gasteiger partial charge in [-0.2, -0.15) is 0 Å². The topological polar surface area (TPSA) is 50.3 Å². The number of carbonyl (C=O) groups is 2. The number of nitrogens with zero attached hydrogens (tertiary/aromatic N) is 2. The molecule has 0 aliphatic rings. The van der Waals surface area contributed by atoms with E-state index in [0.29, 0.717) is 18.5 Å². The van der Waals surface area contributed by atoms with Crippen LogP contribution in [-0.2, 0) is 9.59 Å². The van der Waals surface area contributed by atoms with Crippen molar-refractivity contribution in [3.8, 4) is 0 Å². The van der Waals surface area contributed by atoms with Crippen molar-refractivity contribution in [2.24, 2.45) is 0 Å². The molecule has 4 nitrogen and oxygen atoms in total. The molecule has 2 amide bonds. The van der Waals surface area contributed by atoms with Crippen LogP contribution in [0.4, 0.5) is 5.69 Å². The summed E-state index contributed by atoms with van der Waals surface area (Å²) < 4.78 is 0. The minimum atomic E-state index is -0.184. The summed E-state index contributed by atoms with van der Waals surface area (Å²) in [5.41, 5.74) is 0.638. The largest absolute Gasteiger partial charge is 0.274 e. The Labute approximate surface area is 112 Å². The number of hydrogen-bond donors (Lipinski definition) is 0. The van der Waals surface area contributed by atoms with E-state index in [2.05, 4.69) is 4.98 Å². The van der Waals surface area contributed by atoms with Gasteiger partial charge >= 0.3 is 0 Å². The van der Waals surface area contributed by atoms with Crippen LogP contribution in [0.2, 0.25) is 0 Å². The highest BCUT2D eigenvalue weighted by Gasteiger charge is 2.22. The van der Waals surface area contributed by atoms with Gasteiger partial charge in [-0.1, -0.05) is 26.0 Å². The van der Waals surface area contributed by atoms with E-state index in [1.807, 2.05) is 18.2 Å². The summed E-state index contributed by atoms with van der Waals surface area (Å²) in [6.07, 6.45) is 3.99. The van der Waals surface area contributed by atoms with E-state index in [1.54, 1.807) is 32.3 Å². The summed E-state index contributed by atoms with van der Waals surface area (Å²) in [6.45, 7) is 3.51. The Hall–Kier alpha value is -2.23. The molecule has 0 aliphatic heterocycles. The summed E-state index contributed by atoms with van der Waals surface area (Å²) in [4.78, 5) is 29.4. The van der Waals surface area contributed by atoms with Gasteiger partial charge < -0.3 is 0 Å². The number of benzene rings is 1. The number of hydrogen-bond acceptors (Lipinski definition) is 3. The Morgan fingerprint density at radius 1 is 1.11 bits per heavy atom. The zero-order chi connectivity index (χ0) is 13.8. The van der Waals surface area contributed by atoms with Crippen LogP contribution in [0.15, 0.2) is 36.7 Å². The first-order valence-electron chi connectivity index (χ1n) is 6.37. The van der Waals surface area contributed by atoms with Crippen molar-refractivity contribution in [3.05, 3.63) is 36.7 Å². The molecule has 1 aromatic carbocycles.